The summed E-state index contributed by atoms with van der Waals surface area (Å²) in [7, 11) is 2.09. The van der Waals surface area contributed by atoms with E-state index in [1.807, 2.05) is 0 Å². The number of aromatic carboxylic acids is 1. The minimum absolute atomic E-state index is 0.206. The van der Waals surface area contributed by atoms with Gasteiger partial charge in [-0.1, -0.05) is 6.42 Å². The van der Waals surface area contributed by atoms with Crippen LogP contribution in [0.3, 0.4) is 0 Å². The molecule has 1 atom stereocenters. The average molecular weight is 250 g/mol. The highest BCUT2D eigenvalue weighted by Crippen LogP contribution is 2.17. The summed E-state index contributed by atoms with van der Waals surface area (Å²) in [4.78, 5) is 17.1. The number of carbonyl (C=O) groups is 1. The van der Waals surface area contributed by atoms with Crippen molar-refractivity contribution in [3.8, 4) is 5.88 Å². The van der Waals surface area contributed by atoms with Gasteiger partial charge in [0, 0.05) is 18.3 Å². The minimum atomic E-state index is -0.961. The predicted octanol–water partition coefficient (Wildman–Crippen LogP) is 1.64. The van der Waals surface area contributed by atoms with E-state index in [1.54, 1.807) is 0 Å². The Labute approximate surface area is 106 Å². The van der Waals surface area contributed by atoms with E-state index in [2.05, 4.69) is 16.9 Å². The van der Waals surface area contributed by atoms with Crippen LogP contribution in [0.2, 0.25) is 0 Å². The molecule has 1 aromatic heterocycles. The van der Waals surface area contributed by atoms with Gasteiger partial charge in [-0.25, -0.2) is 9.78 Å². The van der Waals surface area contributed by atoms with Crippen molar-refractivity contribution < 1.29 is 14.6 Å². The molecule has 0 radical (unpaired) electrons. The maximum atomic E-state index is 10.8. The summed E-state index contributed by atoms with van der Waals surface area (Å²) in [6.45, 7) is 1.66. The Balaban J connectivity index is 1.93. The lowest BCUT2D eigenvalue weighted by Gasteiger charge is -2.31. The van der Waals surface area contributed by atoms with Gasteiger partial charge in [0.15, 0.2) is 0 Å². The van der Waals surface area contributed by atoms with Crippen molar-refractivity contribution >= 4 is 5.97 Å². The summed E-state index contributed by atoms with van der Waals surface area (Å²) in [6.07, 6.45) is 5.04. The van der Waals surface area contributed by atoms with Crippen LogP contribution in [0.4, 0.5) is 0 Å². The normalized spacial score (nSPS) is 20.6. The second kappa shape index (κ2) is 5.82. The monoisotopic (exact) mass is 250 g/mol. The zero-order chi connectivity index (χ0) is 13.0. The van der Waals surface area contributed by atoms with Gasteiger partial charge in [-0.05, 0) is 32.5 Å². The van der Waals surface area contributed by atoms with Gasteiger partial charge >= 0.3 is 5.97 Å². The number of hydrogen-bond donors (Lipinski definition) is 1. The Kier molecular flexibility index (Phi) is 4.15. The molecule has 0 amide bonds. The van der Waals surface area contributed by atoms with E-state index in [4.69, 9.17) is 9.84 Å². The fraction of sp³-hybridized carbons (Fsp3) is 0.538. The lowest BCUT2D eigenvalue weighted by atomic mass is 10.0. The van der Waals surface area contributed by atoms with Crippen molar-refractivity contribution in [2.45, 2.75) is 25.3 Å². The van der Waals surface area contributed by atoms with E-state index in [0.717, 1.165) is 13.0 Å². The van der Waals surface area contributed by atoms with Crippen molar-refractivity contribution in [2.75, 3.05) is 20.2 Å². The summed E-state index contributed by atoms with van der Waals surface area (Å²) < 4.78 is 5.59. The van der Waals surface area contributed by atoms with Crippen LogP contribution in [-0.4, -0.2) is 47.2 Å². The zero-order valence-electron chi connectivity index (χ0n) is 10.5. The Hall–Kier alpha value is -1.62. The molecule has 0 aromatic carbocycles. The molecule has 5 heteroatoms. The molecule has 0 saturated carbocycles. The first-order valence-electron chi connectivity index (χ1n) is 6.19. The molecule has 98 valence electrons. The summed E-state index contributed by atoms with van der Waals surface area (Å²) in [5.41, 5.74) is 0.206. The maximum absolute atomic E-state index is 10.8. The van der Waals surface area contributed by atoms with Gasteiger partial charge in [0.25, 0.3) is 0 Å². The number of ether oxygens (including phenoxy) is 1. The fourth-order valence-corrected chi connectivity index (χ4v) is 2.16. The van der Waals surface area contributed by atoms with Crippen LogP contribution in [0.15, 0.2) is 18.3 Å². The van der Waals surface area contributed by atoms with Crippen LogP contribution in [-0.2, 0) is 0 Å². The second-order valence-corrected chi connectivity index (χ2v) is 4.63. The lowest BCUT2D eigenvalue weighted by molar-refractivity contribution is 0.0695. The Morgan fingerprint density at radius 3 is 3.17 bits per heavy atom. The number of aromatic nitrogens is 1. The molecule has 5 nitrogen and oxygen atoms in total. The predicted molar refractivity (Wildman–Crippen MR) is 67.0 cm³/mol. The van der Waals surface area contributed by atoms with Crippen LogP contribution in [0, 0.1) is 0 Å². The third-order valence-electron chi connectivity index (χ3n) is 3.33. The number of carboxylic acid groups (broad SMARTS) is 1. The SMILES string of the molecule is CN1CCCCC1COc1cc(C(=O)O)ccn1. The topological polar surface area (TPSA) is 62.7 Å². The minimum Gasteiger partial charge on any atom is -0.478 e. The number of likely N-dealkylation sites (N-methyl/N-ethyl adjacent to an activating group) is 1. The van der Waals surface area contributed by atoms with E-state index >= 15 is 0 Å². The average Bonchev–Trinajstić information content (AvgIpc) is 2.38. The number of nitrogens with zero attached hydrogens (tertiary/aromatic N) is 2. The highest BCUT2D eigenvalue weighted by molar-refractivity contribution is 5.87. The summed E-state index contributed by atoms with van der Waals surface area (Å²) in [5.74, 6) is -0.578. The first kappa shape index (κ1) is 12.8. The van der Waals surface area contributed by atoms with Gasteiger partial charge in [-0.2, -0.15) is 0 Å². The van der Waals surface area contributed by atoms with Gasteiger partial charge in [0.1, 0.15) is 6.61 Å². The number of carboxylic acids is 1. The van der Waals surface area contributed by atoms with Crippen molar-refractivity contribution in [3.63, 3.8) is 0 Å². The fourth-order valence-electron chi connectivity index (χ4n) is 2.16. The van der Waals surface area contributed by atoms with E-state index < -0.39 is 5.97 Å². The molecule has 1 aliphatic heterocycles. The molecule has 0 aliphatic carbocycles. The Morgan fingerprint density at radius 1 is 1.61 bits per heavy atom. The summed E-state index contributed by atoms with van der Waals surface area (Å²) in [6, 6.07) is 3.32. The molecule has 2 rings (SSSR count). The molecular weight excluding hydrogens is 232 g/mol. The van der Waals surface area contributed by atoms with Crippen molar-refractivity contribution in [1.29, 1.82) is 0 Å². The summed E-state index contributed by atoms with van der Waals surface area (Å²) >= 11 is 0. The van der Waals surface area contributed by atoms with Crippen molar-refractivity contribution in [3.05, 3.63) is 23.9 Å². The van der Waals surface area contributed by atoms with Gasteiger partial charge in [-0.3, -0.25) is 0 Å². The molecule has 1 aromatic rings. The number of piperidine rings is 1. The first-order valence-corrected chi connectivity index (χ1v) is 6.19. The van der Waals surface area contributed by atoms with Crippen LogP contribution < -0.4 is 4.74 Å². The van der Waals surface area contributed by atoms with Crippen LogP contribution in [0.1, 0.15) is 29.6 Å². The van der Waals surface area contributed by atoms with Crippen LogP contribution in [0.25, 0.3) is 0 Å². The van der Waals surface area contributed by atoms with Gasteiger partial charge in [0.05, 0.1) is 5.56 Å². The lowest BCUT2D eigenvalue weighted by Crippen LogP contribution is -2.40. The molecule has 1 unspecified atom stereocenters. The van der Waals surface area contributed by atoms with E-state index in [-0.39, 0.29) is 5.56 Å². The van der Waals surface area contributed by atoms with Crippen LogP contribution in [0.5, 0.6) is 5.88 Å². The van der Waals surface area contributed by atoms with E-state index in [1.165, 1.54) is 31.2 Å². The summed E-state index contributed by atoms with van der Waals surface area (Å²) in [5, 5.41) is 8.88. The second-order valence-electron chi connectivity index (χ2n) is 4.63. The largest absolute Gasteiger partial charge is 0.478 e. The number of rotatable bonds is 4. The molecule has 1 aliphatic rings. The Morgan fingerprint density at radius 2 is 2.44 bits per heavy atom. The molecular formula is C13H18N2O3. The van der Waals surface area contributed by atoms with E-state index in [0.29, 0.717) is 18.5 Å². The van der Waals surface area contributed by atoms with E-state index in [9.17, 15) is 4.79 Å². The first-order chi connectivity index (χ1) is 8.66. The van der Waals surface area contributed by atoms with Crippen molar-refractivity contribution in [2.24, 2.45) is 0 Å². The quantitative estimate of drug-likeness (QED) is 0.880. The molecule has 1 saturated heterocycles. The highest BCUT2D eigenvalue weighted by atomic mass is 16.5. The third-order valence-corrected chi connectivity index (χ3v) is 3.33. The molecule has 1 fully saturated rings. The van der Waals surface area contributed by atoms with Crippen LogP contribution >= 0.6 is 0 Å². The molecule has 18 heavy (non-hydrogen) atoms. The number of hydrogen-bond acceptors (Lipinski definition) is 4. The maximum Gasteiger partial charge on any atom is 0.335 e. The third kappa shape index (κ3) is 3.20. The molecule has 1 N–H and O–H groups in total. The number of likely N-dealkylation sites (tertiary alicyclic amines) is 1. The van der Waals surface area contributed by atoms with Gasteiger partial charge in [0.2, 0.25) is 5.88 Å². The molecule has 0 spiro atoms. The van der Waals surface area contributed by atoms with Crippen molar-refractivity contribution in [1.82, 2.24) is 9.88 Å². The van der Waals surface area contributed by atoms with Gasteiger partial charge < -0.3 is 14.7 Å². The van der Waals surface area contributed by atoms with Gasteiger partial charge in [-0.15, -0.1) is 0 Å². The smallest absolute Gasteiger partial charge is 0.335 e. The number of pyridine rings is 1. The Bertz CT molecular complexity index is 422. The molecule has 0 bridgehead atoms. The highest BCUT2D eigenvalue weighted by Gasteiger charge is 2.19. The standard InChI is InChI=1S/C13H18N2O3/c1-15-7-3-2-4-11(15)9-18-12-8-10(13(16)17)5-6-14-12/h5-6,8,11H,2-4,7,9H2,1H3,(H,16,17). The molecule has 2 heterocycles. The zero-order valence-corrected chi connectivity index (χ0v) is 10.5.